The van der Waals surface area contributed by atoms with Gasteiger partial charge in [0, 0.05) is 32.2 Å². The van der Waals surface area contributed by atoms with E-state index in [9.17, 15) is 14.4 Å². The summed E-state index contributed by atoms with van der Waals surface area (Å²) in [5.41, 5.74) is 0.944. The SMILES string of the molecule is Cc1ccc(C(=O)Cn2c(NCCCN3CCOCC3)nc3c2c(=O)[nH]c(=O)n3C)cc1. The normalized spacial score (nSPS) is 14.7. The molecular weight excluding hydrogens is 412 g/mol. The molecule has 3 aromatic rings. The maximum Gasteiger partial charge on any atom is 0.329 e. The molecule has 10 heteroatoms. The van der Waals surface area contributed by atoms with Crippen molar-refractivity contribution < 1.29 is 9.53 Å². The predicted octanol–water partition coefficient (Wildman–Crippen LogP) is 0.749. The third kappa shape index (κ3) is 4.66. The molecule has 1 aromatic carbocycles. The summed E-state index contributed by atoms with van der Waals surface area (Å²) >= 11 is 0. The first-order valence-electron chi connectivity index (χ1n) is 10.8. The molecule has 170 valence electrons. The number of benzene rings is 1. The van der Waals surface area contributed by atoms with Crippen LogP contribution in [0.1, 0.15) is 22.3 Å². The van der Waals surface area contributed by atoms with E-state index in [1.807, 2.05) is 19.1 Å². The zero-order chi connectivity index (χ0) is 22.7. The van der Waals surface area contributed by atoms with E-state index in [1.54, 1.807) is 23.7 Å². The van der Waals surface area contributed by atoms with Gasteiger partial charge in [-0.15, -0.1) is 0 Å². The number of hydrogen-bond donors (Lipinski definition) is 2. The van der Waals surface area contributed by atoms with Gasteiger partial charge in [-0.05, 0) is 19.9 Å². The largest absolute Gasteiger partial charge is 0.379 e. The second kappa shape index (κ2) is 9.49. The number of ether oxygens (including phenoxy) is 1. The summed E-state index contributed by atoms with van der Waals surface area (Å²) in [5.74, 6) is 0.253. The van der Waals surface area contributed by atoms with Crippen LogP contribution in [0.15, 0.2) is 33.9 Å². The van der Waals surface area contributed by atoms with Gasteiger partial charge in [-0.3, -0.25) is 28.6 Å². The Labute approximate surface area is 184 Å². The van der Waals surface area contributed by atoms with Crippen LogP contribution in [-0.2, 0) is 18.3 Å². The minimum atomic E-state index is -0.561. The number of Topliss-reactive ketones (excluding diaryl/α,β-unsaturated/α-hetero) is 1. The van der Waals surface area contributed by atoms with E-state index in [0.717, 1.165) is 44.8 Å². The number of carbonyl (C=O) groups excluding carboxylic acids is 1. The summed E-state index contributed by atoms with van der Waals surface area (Å²) in [6.07, 6.45) is 0.865. The Morgan fingerprint density at radius 1 is 1.19 bits per heavy atom. The summed E-state index contributed by atoms with van der Waals surface area (Å²) in [4.78, 5) is 46.7. The van der Waals surface area contributed by atoms with Crippen LogP contribution in [0.2, 0.25) is 0 Å². The number of H-pyrrole nitrogens is 1. The average Bonchev–Trinajstić information content (AvgIpc) is 3.15. The van der Waals surface area contributed by atoms with Crippen molar-refractivity contribution in [1.29, 1.82) is 0 Å². The van der Waals surface area contributed by atoms with Gasteiger partial charge >= 0.3 is 5.69 Å². The quantitative estimate of drug-likeness (QED) is 0.392. The van der Waals surface area contributed by atoms with Crippen LogP contribution in [0.3, 0.4) is 0 Å². The zero-order valence-electron chi connectivity index (χ0n) is 18.4. The topological polar surface area (TPSA) is 114 Å². The number of nitrogens with zero attached hydrogens (tertiary/aromatic N) is 4. The van der Waals surface area contributed by atoms with E-state index in [0.29, 0.717) is 18.1 Å². The van der Waals surface area contributed by atoms with Gasteiger partial charge in [0.05, 0.1) is 19.8 Å². The predicted molar refractivity (Wildman–Crippen MR) is 121 cm³/mol. The molecule has 3 heterocycles. The number of nitrogens with one attached hydrogen (secondary N) is 2. The number of aromatic amines is 1. The molecule has 0 unspecified atom stereocenters. The Kier molecular flexibility index (Phi) is 6.52. The molecule has 0 amide bonds. The van der Waals surface area contributed by atoms with E-state index in [1.165, 1.54) is 4.57 Å². The van der Waals surface area contributed by atoms with Gasteiger partial charge in [0.25, 0.3) is 5.56 Å². The molecule has 0 saturated carbocycles. The first-order valence-corrected chi connectivity index (χ1v) is 10.8. The number of ketones is 1. The van der Waals surface area contributed by atoms with Gasteiger partial charge in [-0.25, -0.2) is 4.79 Å². The maximum absolute atomic E-state index is 12.9. The first kappa shape index (κ1) is 22.0. The molecule has 0 atom stereocenters. The Balaban J connectivity index is 1.58. The highest BCUT2D eigenvalue weighted by Crippen LogP contribution is 2.17. The van der Waals surface area contributed by atoms with Crippen molar-refractivity contribution in [3.8, 4) is 0 Å². The summed E-state index contributed by atoms with van der Waals surface area (Å²) < 4.78 is 8.21. The van der Waals surface area contributed by atoms with Gasteiger partial charge in [0.15, 0.2) is 16.9 Å². The van der Waals surface area contributed by atoms with Crippen molar-refractivity contribution in [1.82, 2.24) is 24.0 Å². The van der Waals surface area contributed by atoms with E-state index >= 15 is 0 Å². The molecule has 4 rings (SSSR count). The number of hydrogen-bond acceptors (Lipinski definition) is 7. The van der Waals surface area contributed by atoms with Gasteiger partial charge in [-0.2, -0.15) is 4.98 Å². The number of carbonyl (C=O) groups is 1. The highest BCUT2D eigenvalue weighted by molar-refractivity contribution is 5.97. The fourth-order valence-electron chi connectivity index (χ4n) is 3.83. The van der Waals surface area contributed by atoms with Crippen molar-refractivity contribution in [3.05, 3.63) is 56.2 Å². The van der Waals surface area contributed by atoms with Crippen molar-refractivity contribution >= 4 is 22.9 Å². The van der Waals surface area contributed by atoms with Crippen LogP contribution < -0.4 is 16.6 Å². The lowest BCUT2D eigenvalue weighted by Crippen LogP contribution is -2.37. The van der Waals surface area contributed by atoms with Crippen LogP contribution in [0.4, 0.5) is 5.95 Å². The monoisotopic (exact) mass is 440 g/mol. The molecule has 1 aliphatic heterocycles. The Morgan fingerprint density at radius 3 is 2.62 bits per heavy atom. The standard InChI is InChI=1S/C22H28N6O4/c1-15-4-6-16(7-5-15)17(29)14-28-18-19(26(2)22(31)25-20(18)30)24-21(28)23-8-3-9-27-10-12-32-13-11-27/h4-7H,3,8-14H2,1-2H3,(H,23,24)(H,25,30,31). The average molecular weight is 441 g/mol. The molecule has 2 N–H and O–H groups in total. The number of aryl methyl sites for hydroxylation is 2. The molecule has 0 spiro atoms. The van der Waals surface area contributed by atoms with Crippen molar-refractivity contribution in [2.45, 2.75) is 19.9 Å². The van der Waals surface area contributed by atoms with E-state index < -0.39 is 11.2 Å². The molecule has 10 nitrogen and oxygen atoms in total. The zero-order valence-corrected chi connectivity index (χ0v) is 18.4. The van der Waals surface area contributed by atoms with Crippen molar-refractivity contribution in [2.24, 2.45) is 7.05 Å². The Bertz CT molecular complexity index is 1220. The molecule has 32 heavy (non-hydrogen) atoms. The Hall–Kier alpha value is -3.24. The van der Waals surface area contributed by atoms with Gasteiger partial charge in [0.2, 0.25) is 5.95 Å². The van der Waals surface area contributed by atoms with E-state index in [4.69, 9.17) is 4.74 Å². The van der Waals surface area contributed by atoms with Gasteiger partial charge in [0.1, 0.15) is 0 Å². The molecule has 0 aliphatic carbocycles. The summed E-state index contributed by atoms with van der Waals surface area (Å²) in [7, 11) is 1.54. The lowest BCUT2D eigenvalue weighted by atomic mass is 10.1. The number of morpholine rings is 1. The third-order valence-corrected chi connectivity index (χ3v) is 5.72. The fraction of sp³-hybridized carbons (Fsp3) is 0.455. The van der Waals surface area contributed by atoms with Gasteiger partial charge in [-0.1, -0.05) is 29.8 Å². The lowest BCUT2D eigenvalue weighted by molar-refractivity contribution is 0.0378. The summed E-state index contributed by atoms with van der Waals surface area (Å²) in [5, 5.41) is 3.26. The molecule has 1 aliphatic rings. The Morgan fingerprint density at radius 2 is 1.91 bits per heavy atom. The van der Waals surface area contributed by atoms with Crippen LogP contribution in [0, 0.1) is 6.92 Å². The molecule has 2 aromatic heterocycles. The number of aromatic nitrogens is 4. The molecule has 1 fully saturated rings. The minimum Gasteiger partial charge on any atom is -0.379 e. The van der Waals surface area contributed by atoms with Crippen molar-refractivity contribution in [2.75, 3.05) is 44.7 Å². The van der Waals surface area contributed by atoms with Crippen LogP contribution in [-0.4, -0.2) is 69.2 Å². The second-order valence-electron chi connectivity index (χ2n) is 8.04. The van der Waals surface area contributed by atoms with Crippen molar-refractivity contribution in [3.63, 3.8) is 0 Å². The van der Waals surface area contributed by atoms with E-state index in [-0.39, 0.29) is 23.5 Å². The minimum absolute atomic E-state index is 0.0629. The fourth-order valence-corrected chi connectivity index (χ4v) is 3.83. The highest BCUT2D eigenvalue weighted by atomic mass is 16.5. The molecular formula is C22H28N6O4. The summed E-state index contributed by atoms with van der Waals surface area (Å²) in [6.45, 7) is 6.76. The number of rotatable bonds is 8. The lowest BCUT2D eigenvalue weighted by Gasteiger charge is -2.26. The van der Waals surface area contributed by atoms with Crippen LogP contribution in [0.5, 0.6) is 0 Å². The molecule has 1 saturated heterocycles. The maximum atomic E-state index is 12.9. The number of imidazole rings is 1. The second-order valence-corrected chi connectivity index (χ2v) is 8.04. The van der Waals surface area contributed by atoms with Crippen LogP contribution >= 0.6 is 0 Å². The number of anilines is 1. The number of fused-ring (bicyclic) bond motifs is 1. The summed E-state index contributed by atoms with van der Waals surface area (Å²) in [6, 6.07) is 7.29. The highest BCUT2D eigenvalue weighted by Gasteiger charge is 2.20. The van der Waals surface area contributed by atoms with E-state index in [2.05, 4.69) is 20.2 Å². The molecule has 0 bridgehead atoms. The third-order valence-electron chi connectivity index (χ3n) is 5.72. The first-order chi connectivity index (χ1) is 15.4. The molecule has 0 radical (unpaired) electrons. The van der Waals surface area contributed by atoms with Crippen LogP contribution in [0.25, 0.3) is 11.2 Å². The smallest absolute Gasteiger partial charge is 0.329 e. The van der Waals surface area contributed by atoms with Gasteiger partial charge < -0.3 is 10.1 Å².